The molecule has 258 valence electrons. The van der Waals surface area contributed by atoms with Gasteiger partial charge in [0.1, 0.15) is 5.75 Å². The number of primary amides is 1. The summed E-state index contributed by atoms with van der Waals surface area (Å²) < 4.78 is 29.1. The second kappa shape index (κ2) is 14.2. The van der Waals surface area contributed by atoms with Gasteiger partial charge in [-0.3, -0.25) is 9.10 Å². The number of aryl methyl sites for hydroxylation is 1. The number of aromatic hydroxyl groups is 1. The van der Waals surface area contributed by atoms with Crippen LogP contribution in [0.4, 0.5) is 29.2 Å². The number of carbonyl (C=O) groups is 1. The number of nitrogens with zero attached hydrogens (tertiary/aromatic N) is 6. The van der Waals surface area contributed by atoms with Crippen molar-refractivity contribution in [1.29, 1.82) is 0 Å². The number of hydrogen-bond acceptors (Lipinski definition) is 12. The number of benzene rings is 3. The third-order valence-electron chi connectivity index (χ3n) is 8.87. The number of nitrogens with two attached hydrogens (primary N) is 3. The molecule has 3 aromatic carbocycles. The Morgan fingerprint density at radius 3 is 2.16 bits per heavy atom. The van der Waals surface area contributed by atoms with E-state index in [0.29, 0.717) is 63.0 Å². The Morgan fingerprint density at radius 2 is 1.55 bits per heavy atom. The fraction of sp³-hybridized carbons (Fsp3) is 0.353. The summed E-state index contributed by atoms with van der Waals surface area (Å²) in [5, 5.41) is 14.5. The highest BCUT2D eigenvalue weighted by molar-refractivity contribution is 7.92. The predicted octanol–water partition coefficient (Wildman–Crippen LogP) is 2.59. The van der Waals surface area contributed by atoms with E-state index in [9.17, 15) is 18.3 Å². The van der Waals surface area contributed by atoms with Gasteiger partial charge in [0.2, 0.25) is 23.8 Å². The molecule has 3 heterocycles. The van der Waals surface area contributed by atoms with Crippen molar-refractivity contribution in [2.45, 2.75) is 49.7 Å². The summed E-state index contributed by atoms with van der Waals surface area (Å²) in [4.78, 5) is 29.9. The summed E-state index contributed by atoms with van der Waals surface area (Å²) in [6.07, 6.45) is 1.85. The molecule has 0 aliphatic carbocycles. The first kappa shape index (κ1) is 33.9. The largest absolute Gasteiger partial charge is 0.506 e. The number of amides is 1. The number of rotatable bonds is 10. The van der Waals surface area contributed by atoms with Gasteiger partial charge in [-0.05, 0) is 56.0 Å². The lowest BCUT2D eigenvalue weighted by molar-refractivity contribution is -0.122. The van der Waals surface area contributed by atoms with Crippen molar-refractivity contribution < 1.29 is 18.3 Å². The quantitative estimate of drug-likeness (QED) is 0.163. The Morgan fingerprint density at radius 1 is 0.918 bits per heavy atom. The van der Waals surface area contributed by atoms with E-state index in [4.69, 9.17) is 22.2 Å². The Balaban J connectivity index is 1.32. The molecule has 1 amide bonds. The van der Waals surface area contributed by atoms with Crippen molar-refractivity contribution in [2.75, 3.05) is 45.6 Å². The smallest absolute Gasteiger partial charge is 0.264 e. The second-order valence-corrected chi connectivity index (χ2v) is 14.6. The summed E-state index contributed by atoms with van der Waals surface area (Å²) in [5.74, 6) is 0.257. The van der Waals surface area contributed by atoms with E-state index in [1.807, 2.05) is 47.1 Å². The first-order chi connectivity index (χ1) is 23.5. The van der Waals surface area contributed by atoms with Crippen LogP contribution in [0.5, 0.6) is 5.75 Å². The highest BCUT2D eigenvalue weighted by Crippen LogP contribution is 2.36. The van der Waals surface area contributed by atoms with Gasteiger partial charge in [0.15, 0.2) is 0 Å². The van der Waals surface area contributed by atoms with Crippen molar-refractivity contribution >= 4 is 45.2 Å². The zero-order chi connectivity index (χ0) is 34.7. The number of sulfonamides is 1. The van der Waals surface area contributed by atoms with Crippen molar-refractivity contribution in [3.63, 3.8) is 0 Å². The van der Waals surface area contributed by atoms with Crippen molar-refractivity contribution in [3.05, 3.63) is 83.9 Å². The molecule has 2 aliphatic heterocycles. The number of aromatic nitrogens is 3. The topological polar surface area (TPSA) is 210 Å². The van der Waals surface area contributed by atoms with Gasteiger partial charge in [-0.1, -0.05) is 48.0 Å². The maximum absolute atomic E-state index is 14.0. The van der Waals surface area contributed by atoms with Gasteiger partial charge < -0.3 is 37.4 Å². The molecule has 6 rings (SSSR count). The maximum Gasteiger partial charge on any atom is 0.264 e. The van der Waals surface area contributed by atoms with E-state index in [1.165, 1.54) is 10.4 Å². The summed E-state index contributed by atoms with van der Waals surface area (Å²) >= 11 is 0. The molecule has 0 bridgehead atoms. The van der Waals surface area contributed by atoms with Gasteiger partial charge in [-0.25, -0.2) is 8.42 Å². The monoisotopic (exact) mass is 686 g/mol. The van der Waals surface area contributed by atoms with E-state index in [0.717, 1.165) is 11.1 Å². The van der Waals surface area contributed by atoms with Crippen molar-refractivity contribution in [1.82, 2.24) is 15.0 Å². The molecule has 15 heteroatoms. The van der Waals surface area contributed by atoms with Gasteiger partial charge >= 0.3 is 0 Å². The van der Waals surface area contributed by atoms with Gasteiger partial charge in [-0.15, -0.1) is 0 Å². The van der Waals surface area contributed by atoms with Crippen LogP contribution in [-0.4, -0.2) is 72.6 Å². The molecular formula is C34H42N10O4S. The molecule has 8 N–H and O–H groups in total. The third kappa shape index (κ3) is 7.85. The summed E-state index contributed by atoms with van der Waals surface area (Å²) in [7, 11) is -4.06. The number of anilines is 5. The summed E-state index contributed by atoms with van der Waals surface area (Å²) in [6.45, 7) is 4.00. The minimum atomic E-state index is -4.06. The van der Waals surface area contributed by atoms with E-state index in [1.54, 1.807) is 36.4 Å². The molecule has 2 aliphatic rings. The molecule has 0 unspecified atom stereocenters. The Labute approximate surface area is 286 Å². The standard InChI is InChI=1S/C34H42N10O4S/c1-22-7-10-28(11-8-22)49(47,48)44(19-23-5-3-2-4-6-23)29-12-9-27(18-30(29)45)38-32-39-33(42-15-13-24(14-16-42)31(37)46)41-34(40-32)43-20-25(35)17-26(36)21-43/h2-12,18,24-26,45H,13-17,19-21,35-36H2,1H3,(H2,37,46)(H,38,39,40,41)/t25-,26+. The van der Waals surface area contributed by atoms with Crippen LogP contribution in [0.2, 0.25) is 0 Å². The lowest BCUT2D eigenvalue weighted by Gasteiger charge is -2.35. The van der Waals surface area contributed by atoms with Crippen LogP contribution in [0.1, 0.15) is 30.4 Å². The van der Waals surface area contributed by atoms with Crippen molar-refractivity contribution in [2.24, 2.45) is 23.1 Å². The Hall–Kier alpha value is -4.99. The fourth-order valence-electron chi connectivity index (χ4n) is 6.23. The van der Waals surface area contributed by atoms with E-state index >= 15 is 0 Å². The molecule has 49 heavy (non-hydrogen) atoms. The van der Waals surface area contributed by atoms with Crippen LogP contribution in [0, 0.1) is 12.8 Å². The molecule has 0 saturated carbocycles. The first-order valence-corrected chi connectivity index (χ1v) is 17.7. The highest BCUT2D eigenvalue weighted by Gasteiger charge is 2.30. The molecule has 2 saturated heterocycles. The lowest BCUT2D eigenvalue weighted by Crippen LogP contribution is -2.53. The molecule has 2 fully saturated rings. The molecule has 4 aromatic rings. The summed E-state index contributed by atoms with van der Waals surface area (Å²) in [6, 6.07) is 20.1. The minimum absolute atomic E-state index is 0.00409. The normalized spacial score (nSPS) is 18.7. The molecule has 1 aromatic heterocycles. The van der Waals surface area contributed by atoms with Crippen molar-refractivity contribution in [3.8, 4) is 5.75 Å². The van der Waals surface area contributed by atoms with E-state index in [2.05, 4.69) is 15.3 Å². The van der Waals surface area contributed by atoms with Gasteiger partial charge in [0, 0.05) is 55.9 Å². The lowest BCUT2D eigenvalue weighted by atomic mass is 9.96. The second-order valence-electron chi connectivity index (χ2n) is 12.7. The van der Waals surface area contributed by atoms with Crippen LogP contribution in [0.15, 0.2) is 77.7 Å². The van der Waals surface area contributed by atoms with Gasteiger partial charge in [0.25, 0.3) is 10.0 Å². The maximum atomic E-state index is 14.0. The van der Waals surface area contributed by atoms with Crippen LogP contribution in [0.3, 0.4) is 0 Å². The zero-order valence-corrected chi connectivity index (χ0v) is 28.1. The summed E-state index contributed by atoms with van der Waals surface area (Å²) in [5.41, 5.74) is 20.3. The molecule has 0 spiro atoms. The van der Waals surface area contributed by atoms with Crippen LogP contribution >= 0.6 is 0 Å². The number of phenols is 1. The Bertz CT molecular complexity index is 1880. The van der Waals surface area contributed by atoms with E-state index in [-0.39, 0.29) is 52.7 Å². The van der Waals surface area contributed by atoms with Gasteiger partial charge in [0.05, 0.1) is 17.1 Å². The molecule has 14 nitrogen and oxygen atoms in total. The third-order valence-corrected chi connectivity index (χ3v) is 10.6. The minimum Gasteiger partial charge on any atom is -0.506 e. The van der Waals surface area contributed by atoms with E-state index < -0.39 is 10.0 Å². The Kier molecular flexibility index (Phi) is 9.85. The molecule has 2 atom stereocenters. The highest BCUT2D eigenvalue weighted by atomic mass is 32.2. The average molecular weight is 687 g/mol. The van der Waals surface area contributed by atoms with Crippen LogP contribution in [0.25, 0.3) is 0 Å². The number of carbonyl (C=O) groups excluding carboxylic acids is 1. The predicted molar refractivity (Wildman–Crippen MR) is 189 cm³/mol. The first-order valence-electron chi connectivity index (χ1n) is 16.3. The average Bonchev–Trinajstić information content (AvgIpc) is 3.07. The number of nitrogens with one attached hydrogen (secondary N) is 1. The SMILES string of the molecule is Cc1ccc(S(=O)(=O)N(Cc2ccccc2)c2ccc(Nc3nc(N4CCC(C(N)=O)CC4)nc(N4C[C@H](N)C[C@H](N)C4)n3)cc2O)cc1. The number of piperidine rings is 2. The van der Waals surface area contributed by atoms with Crippen LogP contribution in [-0.2, 0) is 21.4 Å². The number of phenolic OH excluding ortho intramolecular Hbond substituents is 1. The fourth-order valence-corrected chi connectivity index (χ4v) is 7.69. The van der Waals surface area contributed by atoms with Gasteiger partial charge in [-0.2, -0.15) is 15.0 Å². The van der Waals surface area contributed by atoms with Crippen LogP contribution < -0.4 is 36.6 Å². The molecule has 0 radical (unpaired) electrons. The zero-order valence-electron chi connectivity index (χ0n) is 27.3. The molecular weight excluding hydrogens is 645 g/mol. The number of hydrogen-bond donors (Lipinski definition) is 5.